The average molecular weight is 252 g/mol. The molecule has 0 fully saturated rings. The van der Waals surface area contributed by atoms with E-state index in [1.54, 1.807) is 0 Å². The van der Waals surface area contributed by atoms with E-state index in [9.17, 15) is 4.79 Å². The van der Waals surface area contributed by atoms with Crippen LogP contribution in [0.25, 0.3) is 0 Å². The molecule has 0 aliphatic carbocycles. The Bertz CT molecular complexity index is 656. The van der Waals surface area contributed by atoms with Gasteiger partial charge >= 0.3 is 0 Å². The van der Waals surface area contributed by atoms with Gasteiger partial charge in [0.25, 0.3) is 0 Å². The first-order valence-electron chi connectivity index (χ1n) is 6.53. The molecule has 0 aromatic heterocycles. The average Bonchev–Trinajstić information content (AvgIpc) is 2.89. The minimum Gasteiger partial charge on any atom is -0.492 e. The molecule has 0 radical (unpaired) electrons. The maximum atomic E-state index is 12.6. The molecule has 19 heavy (non-hydrogen) atoms. The predicted octanol–water partition coefficient (Wildman–Crippen LogP) is 3.47. The fourth-order valence-corrected chi connectivity index (χ4v) is 2.43. The number of rotatable bonds is 2. The van der Waals surface area contributed by atoms with E-state index in [-0.39, 0.29) is 5.78 Å². The fraction of sp³-hybridized carbons (Fsp3) is 0.235. The van der Waals surface area contributed by atoms with Crippen molar-refractivity contribution in [3.63, 3.8) is 0 Å². The van der Waals surface area contributed by atoms with Gasteiger partial charge < -0.3 is 4.74 Å². The topological polar surface area (TPSA) is 26.3 Å². The molecule has 3 rings (SSSR count). The highest BCUT2D eigenvalue weighted by Gasteiger charge is 2.21. The molecule has 0 bridgehead atoms. The summed E-state index contributed by atoms with van der Waals surface area (Å²) in [5.74, 6) is 0.813. The van der Waals surface area contributed by atoms with Crippen LogP contribution < -0.4 is 4.74 Å². The normalized spacial score (nSPS) is 12.9. The van der Waals surface area contributed by atoms with Crippen molar-refractivity contribution in [2.45, 2.75) is 20.3 Å². The zero-order valence-electron chi connectivity index (χ0n) is 11.2. The van der Waals surface area contributed by atoms with Crippen molar-refractivity contribution >= 4 is 5.78 Å². The largest absolute Gasteiger partial charge is 0.492 e. The van der Waals surface area contributed by atoms with Crippen LogP contribution in [0.2, 0.25) is 0 Å². The summed E-state index contributed by atoms with van der Waals surface area (Å²) in [5.41, 5.74) is 4.88. The summed E-state index contributed by atoms with van der Waals surface area (Å²) in [4.78, 5) is 12.6. The van der Waals surface area contributed by atoms with Crippen LogP contribution in [0.5, 0.6) is 5.75 Å². The van der Waals surface area contributed by atoms with Gasteiger partial charge in [-0.2, -0.15) is 0 Å². The maximum Gasteiger partial charge on any atom is 0.196 e. The second kappa shape index (κ2) is 4.54. The molecule has 0 saturated carbocycles. The van der Waals surface area contributed by atoms with Gasteiger partial charge in [0.1, 0.15) is 5.75 Å². The number of ketones is 1. The molecular weight excluding hydrogens is 236 g/mol. The lowest BCUT2D eigenvalue weighted by Gasteiger charge is -2.08. The molecule has 2 nitrogen and oxygen atoms in total. The first-order chi connectivity index (χ1) is 9.16. The molecule has 0 N–H and O–H groups in total. The van der Waals surface area contributed by atoms with Crippen molar-refractivity contribution in [2.24, 2.45) is 0 Å². The van der Waals surface area contributed by atoms with Crippen LogP contribution in [0, 0.1) is 13.8 Å². The molecule has 1 aliphatic heterocycles. The lowest BCUT2D eigenvalue weighted by molar-refractivity contribution is 0.103. The van der Waals surface area contributed by atoms with E-state index < -0.39 is 0 Å². The third-order valence-electron chi connectivity index (χ3n) is 3.73. The summed E-state index contributed by atoms with van der Waals surface area (Å²) >= 11 is 0. The Hall–Kier alpha value is -2.09. The second-order valence-electron chi connectivity index (χ2n) is 5.02. The molecular formula is C17H16O2. The Kier molecular flexibility index (Phi) is 2.86. The summed E-state index contributed by atoms with van der Waals surface area (Å²) in [7, 11) is 0. The predicted molar refractivity (Wildman–Crippen MR) is 75.0 cm³/mol. The molecule has 96 valence electrons. The number of carbonyl (C=O) groups is 1. The Labute approximate surface area is 113 Å². The highest BCUT2D eigenvalue weighted by Crippen LogP contribution is 2.31. The van der Waals surface area contributed by atoms with E-state index in [1.165, 1.54) is 5.56 Å². The number of ether oxygens (including phenoxy) is 1. The van der Waals surface area contributed by atoms with E-state index >= 15 is 0 Å². The molecule has 2 aromatic rings. The molecule has 1 heterocycles. The van der Waals surface area contributed by atoms with Crippen LogP contribution in [0.4, 0.5) is 0 Å². The Morgan fingerprint density at radius 1 is 1.11 bits per heavy atom. The zero-order chi connectivity index (χ0) is 13.4. The van der Waals surface area contributed by atoms with Crippen molar-refractivity contribution in [1.29, 1.82) is 0 Å². The van der Waals surface area contributed by atoms with Crippen LogP contribution >= 0.6 is 0 Å². The van der Waals surface area contributed by atoms with Crippen molar-refractivity contribution in [2.75, 3.05) is 6.61 Å². The smallest absolute Gasteiger partial charge is 0.196 e. The van der Waals surface area contributed by atoms with E-state index in [0.717, 1.165) is 28.9 Å². The van der Waals surface area contributed by atoms with Gasteiger partial charge in [-0.15, -0.1) is 0 Å². The lowest BCUT2D eigenvalue weighted by Crippen LogP contribution is -2.04. The van der Waals surface area contributed by atoms with Gasteiger partial charge in [0.15, 0.2) is 5.78 Å². The summed E-state index contributed by atoms with van der Waals surface area (Å²) in [6, 6.07) is 11.6. The van der Waals surface area contributed by atoms with Gasteiger partial charge in [-0.25, -0.2) is 0 Å². The molecule has 0 atom stereocenters. The Morgan fingerprint density at radius 2 is 1.95 bits per heavy atom. The maximum absolute atomic E-state index is 12.6. The minimum absolute atomic E-state index is 0.0434. The highest BCUT2D eigenvalue weighted by atomic mass is 16.5. The quantitative estimate of drug-likeness (QED) is 0.765. The van der Waals surface area contributed by atoms with Crippen LogP contribution in [0.1, 0.15) is 32.6 Å². The van der Waals surface area contributed by atoms with Crippen LogP contribution in [-0.4, -0.2) is 12.4 Å². The summed E-state index contributed by atoms with van der Waals surface area (Å²) in [6.07, 6.45) is 0.892. The van der Waals surface area contributed by atoms with Crippen LogP contribution in [0.15, 0.2) is 36.4 Å². The highest BCUT2D eigenvalue weighted by molar-refractivity contribution is 6.11. The van der Waals surface area contributed by atoms with E-state index in [2.05, 4.69) is 0 Å². The minimum atomic E-state index is 0.0434. The molecule has 0 saturated heterocycles. The monoisotopic (exact) mass is 252 g/mol. The first-order valence-corrected chi connectivity index (χ1v) is 6.53. The number of hydrogen-bond acceptors (Lipinski definition) is 2. The number of fused-ring (bicyclic) bond motifs is 1. The van der Waals surface area contributed by atoms with Gasteiger partial charge in [0, 0.05) is 12.0 Å². The zero-order valence-corrected chi connectivity index (χ0v) is 11.2. The van der Waals surface area contributed by atoms with E-state index in [0.29, 0.717) is 12.2 Å². The molecule has 2 heteroatoms. The number of aryl methyl sites for hydroxylation is 2. The molecule has 1 aliphatic rings. The third kappa shape index (κ3) is 2.03. The molecule has 0 amide bonds. The first kappa shape index (κ1) is 12.0. The number of benzene rings is 2. The van der Waals surface area contributed by atoms with Crippen LogP contribution in [0.3, 0.4) is 0 Å². The fourth-order valence-electron chi connectivity index (χ4n) is 2.43. The second-order valence-corrected chi connectivity index (χ2v) is 5.02. The standard InChI is InChI=1S/C17H16O2/c1-11-6-7-14(10-12(11)2)16(18)15-5-3-4-13-8-9-19-17(13)15/h3-7,10H,8-9H2,1-2H3. The van der Waals surface area contributed by atoms with E-state index in [4.69, 9.17) is 4.74 Å². The summed E-state index contributed by atoms with van der Waals surface area (Å²) in [5, 5.41) is 0. The molecule has 2 aromatic carbocycles. The lowest BCUT2D eigenvalue weighted by atomic mass is 9.97. The number of hydrogen-bond donors (Lipinski definition) is 0. The van der Waals surface area contributed by atoms with Gasteiger partial charge in [-0.1, -0.05) is 24.3 Å². The Morgan fingerprint density at radius 3 is 2.74 bits per heavy atom. The van der Waals surface area contributed by atoms with Gasteiger partial charge in [-0.05, 0) is 42.7 Å². The van der Waals surface area contributed by atoms with Crippen molar-refractivity contribution in [3.8, 4) is 5.75 Å². The number of carbonyl (C=O) groups excluding carboxylic acids is 1. The summed E-state index contributed by atoms with van der Waals surface area (Å²) < 4.78 is 5.61. The van der Waals surface area contributed by atoms with Crippen molar-refractivity contribution in [1.82, 2.24) is 0 Å². The molecule has 0 spiro atoms. The van der Waals surface area contributed by atoms with Crippen molar-refractivity contribution in [3.05, 3.63) is 64.2 Å². The summed E-state index contributed by atoms with van der Waals surface area (Å²) in [6.45, 7) is 4.75. The van der Waals surface area contributed by atoms with E-state index in [1.807, 2.05) is 50.2 Å². The van der Waals surface area contributed by atoms with Gasteiger partial charge in [0.05, 0.1) is 12.2 Å². The number of para-hydroxylation sites is 1. The van der Waals surface area contributed by atoms with Crippen molar-refractivity contribution < 1.29 is 9.53 Å². The third-order valence-corrected chi connectivity index (χ3v) is 3.73. The van der Waals surface area contributed by atoms with Crippen LogP contribution in [-0.2, 0) is 6.42 Å². The molecule has 0 unspecified atom stereocenters. The van der Waals surface area contributed by atoms with Gasteiger partial charge in [0.2, 0.25) is 0 Å². The van der Waals surface area contributed by atoms with Gasteiger partial charge in [-0.3, -0.25) is 4.79 Å². The Balaban J connectivity index is 2.05. The SMILES string of the molecule is Cc1ccc(C(=O)c2cccc3c2OCC3)cc1C.